The Hall–Kier alpha value is -1.71. The number of pyridine rings is 1. The van der Waals surface area contributed by atoms with Crippen LogP contribution in [0.15, 0.2) is 42.6 Å². The summed E-state index contributed by atoms with van der Waals surface area (Å²) in [6, 6.07) is 13.0. The van der Waals surface area contributed by atoms with Crippen LogP contribution in [0.2, 0.25) is 0 Å². The summed E-state index contributed by atoms with van der Waals surface area (Å²) in [5.41, 5.74) is 5.18. The molecule has 2 aromatic rings. The standard InChI is InChI=1S/C21H29N3/c1-17-11-18(2)21(22-12-17)16-23(3)13-20-9-10-24(15-20)14-19-7-5-4-6-8-19/h4-8,11-12,20H,9-10,13-16H2,1-3H3. The predicted octanol–water partition coefficient (Wildman–Crippen LogP) is 3.65. The highest BCUT2D eigenvalue weighted by Gasteiger charge is 2.23. The Morgan fingerprint density at radius 1 is 1.21 bits per heavy atom. The number of nitrogens with zero attached hydrogens (tertiary/aromatic N) is 3. The summed E-state index contributed by atoms with van der Waals surface area (Å²) in [5.74, 6) is 0.768. The molecule has 0 amide bonds. The van der Waals surface area contributed by atoms with Gasteiger partial charge in [-0.15, -0.1) is 0 Å². The van der Waals surface area contributed by atoms with E-state index < -0.39 is 0 Å². The van der Waals surface area contributed by atoms with Gasteiger partial charge in [-0.2, -0.15) is 0 Å². The van der Waals surface area contributed by atoms with Gasteiger partial charge in [-0.05, 0) is 56.5 Å². The Kier molecular flexibility index (Phi) is 5.64. The number of rotatable bonds is 6. The lowest BCUT2D eigenvalue weighted by Crippen LogP contribution is -2.28. The zero-order chi connectivity index (χ0) is 16.9. The molecular formula is C21H29N3. The molecule has 1 atom stereocenters. The zero-order valence-corrected chi connectivity index (χ0v) is 15.2. The molecule has 1 aromatic heterocycles. The normalized spacial score (nSPS) is 18.4. The van der Waals surface area contributed by atoms with E-state index in [0.29, 0.717) is 0 Å². The second-order valence-electron chi connectivity index (χ2n) is 7.35. The average Bonchev–Trinajstić information content (AvgIpc) is 2.98. The van der Waals surface area contributed by atoms with Crippen LogP contribution in [-0.2, 0) is 13.1 Å². The van der Waals surface area contributed by atoms with Crippen LogP contribution in [0.3, 0.4) is 0 Å². The number of aromatic nitrogens is 1. The third-order valence-corrected chi connectivity index (χ3v) is 4.93. The molecule has 2 heterocycles. The Bertz CT molecular complexity index is 653. The highest BCUT2D eigenvalue weighted by Crippen LogP contribution is 2.20. The van der Waals surface area contributed by atoms with E-state index in [9.17, 15) is 0 Å². The van der Waals surface area contributed by atoms with Crippen molar-refractivity contribution in [3.8, 4) is 0 Å². The smallest absolute Gasteiger partial charge is 0.0573 e. The lowest BCUT2D eigenvalue weighted by Gasteiger charge is -2.22. The maximum absolute atomic E-state index is 4.61. The molecule has 1 aliphatic rings. The first-order chi connectivity index (χ1) is 11.6. The monoisotopic (exact) mass is 323 g/mol. The molecule has 0 aliphatic carbocycles. The first kappa shape index (κ1) is 17.1. The summed E-state index contributed by atoms with van der Waals surface area (Å²) < 4.78 is 0. The zero-order valence-electron chi connectivity index (χ0n) is 15.2. The fraction of sp³-hybridized carbons (Fsp3) is 0.476. The molecule has 1 aromatic carbocycles. The third kappa shape index (κ3) is 4.65. The van der Waals surface area contributed by atoms with Crippen molar-refractivity contribution in [3.63, 3.8) is 0 Å². The molecule has 0 saturated carbocycles. The van der Waals surface area contributed by atoms with Gasteiger partial charge in [0, 0.05) is 32.4 Å². The van der Waals surface area contributed by atoms with Crippen LogP contribution < -0.4 is 0 Å². The lowest BCUT2D eigenvalue weighted by molar-refractivity contribution is 0.252. The molecule has 0 N–H and O–H groups in total. The van der Waals surface area contributed by atoms with Gasteiger partial charge in [0.25, 0.3) is 0 Å². The average molecular weight is 323 g/mol. The van der Waals surface area contributed by atoms with Crippen molar-refractivity contribution >= 4 is 0 Å². The second-order valence-corrected chi connectivity index (χ2v) is 7.35. The van der Waals surface area contributed by atoms with Gasteiger partial charge >= 0.3 is 0 Å². The van der Waals surface area contributed by atoms with Crippen molar-refractivity contribution in [2.75, 3.05) is 26.7 Å². The quantitative estimate of drug-likeness (QED) is 0.809. The van der Waals surface area contributed by atoms with Gasteiger partial charge in [0.15, 0.2) is 0 Å². The van der Waals surface area contributed by atoms with Crippen LogP contribution in [0.4, 0.5) is 0 Å². The summed E-state index contributed by atoms with van der Waals surface area (Å²) >= 11 is 0. The minimum absolute atomic E-state index is 0.768. The molecule has 3 nitrogen and oxygen atoms in total. The van der Waals surface area contributed by atoms with Gasteiger partial charge in [-0.3, -0.25) is 9.88 Å². The van der Waals surface area contributed by atoms with Crippen LogP contribution in [-0.4, -0.2) is 41.5 Å². The van der Waals surface area contributed by atoms with Crippen molar-refractivity contribution < 1.29 is 0 Å². The number of hydrogen-bond donors (Lipinski definition) is 0. The summed E-state index contributed by atoms with van der Waals surface area (Å²) in [4.78, 5) is 9.63. The molecular weight excluding hydrogens is 294 g/mol. The SMILES string of the molecule is Cc1cnc(CN(C)CC2CCN(Cc3ccccc3)C2)c(C)c1. The number of aryl methyl sites for hydroxylation is 2. The number of likely N-dealkylation sites (tertiary alicyclic amines) is 1. The minimum Gasteiger partial charge on any atom is -0.300 e. The van der Waals surface area contributed by atoms with Gasteiger partial charge in [0.05, 0.1) is 5.69 Å². The highest BCUT2D eigenvalue weighted by atomic mass is 15.2. The fourth-order valence-corrected chi connectivity index (χ4v) is 3.72. The van der Waals surface area contributed by atoms with Gasteiger partial charge in [-0.1, -0.05) is 36.4 Å². The van der Waals surface area contributed by atoms with Crippen molar-refractivity contribution in [1.82, 2.24) is 14.8 Å². The van der Waals surface area contributed by atoms with E-state index in [4.69, 9.17) is 0 Å². The Balaban J connectivity index is 1.48. The molecule has 0 bridgehead atoms. The Labute approximate surface area is 146 Å². The summed E-state index contributed by atoms with van der Waals surface area (Å²) in [6.45, 7) is 9.88. The maximum atomic E-state index is 4.61. The van der Waals surface area contributed by atoms with Crippen LogP contribution >= 0.6 is 0 Å². The topological polar surface area (TPSA) is 19.4 Å². The van der Waals surface area contributed by atoms with Crippen LogP contribution in [0.5, 0.6) is 0 Å². The summed E-state index contributed by atoms with van der Waals surface area (Å²) in [7, 11) is 2.22. The maximum Gasteiger partial charge on any atom is 0.0573 e. The van der Waals surface area contributed by atoms with E-state index in [0.717, 1.165) is 25.6 Å². The molecule has 1 saturated heterocycles. The van der Waals surface area contributed by atoms with Crippen LogP contribution in [0.1, 0.15) is 28.8 Å². The molecule has 3 rings (SSSR count). The van der Waals surface area contributed by atoms with Gasteiger partial charge in [-0.25, -0.2) is 0 Å². The molecule has 1 fully saturated rings. The summed E-state index contributed by atoms with van der Waals surface area (Å²) in [5, 5.41) is 0. The lowest BCUT2D eigenvalue weighted by atomic mass is 10.1. The van der Waals surface area contributed by atoms with E-state index in [1.165, 1.54) is 41.9 Å². The van der Waals surface area contributed by atoms with E-state index in [1.807, 2.05) is 6.20 Å². The molecule has 0 spiro atoms. The van der Waals surface area contributed by atoms with Crippen LogP contribution in [0, 0.1) is 19.8 Å². The van der Waals surface area contributed by atoms with Gasteiger partial charge in [0.2, 0.25) is 0 Å². The predicted molar refractivity (Wildman–Crippen MR) is 99.9 cm³/mol. The first-order valence-corrected chi connectivity index (χ1v) is 8.97. The third-order valence-electron chi connectivity index (χ3n) is 4.93. The molecule has 0 radical (unpaired) electrons. The molecule has 1 unspecified atom stereocenters. The van der Waals surface area contributed by atoms with Crippen molar-refractivity contribution in [2.45, 2.75) is 33.4 Å². The van der Waals surface area contributed by atoms with E-state index >= 15 is 0 Å². The number of benzene rings is 1. The highest BCUT2D eigenvalue weighted by molar-refractivity contribution is 5.23. The fourth-order valence-electron chi connectivity index (χ4n) is 3.72. The minimum atomic E-state index is 0.768. The van der Waals surface area contributed by atoms with Crippen LogP contribution in [0.25, 0.3) is 0 Å². The Morgan fingerprint density at radius 3 is 2.75 bits per heavy atom. The molecule has 3 heteroatoms. The van der Waals surface area contributed by atoms with E-state index in [2.05, 4.69) is 72.1 Å². The van der Waals surface area contributed by atoms with E-state index in [1.54, 1.807) is 0 Å². The van der Waals surface area contributed by atoms with Gasteiger partial charge in [0.1, 0.15) is 0 Å². The summed E-state index contributed by atoms with van der Waals surface area (Å²) in [6.07, 6.45) is 3.28. The second kappa shape index (κ2) is 7.91. The van der Waals surface area contributed by atoms with Gasteiger partial charge < -0.3 is 4.90 Å². The van der Waals surface area contributed by atoms with Crippen molar-refractivity contribution in [2.24, 2.45) is 5.92 Å². The van der Waals surface area contributed by atoms with Crippen molar-refractivity contribution in [1.29, 1.82) is 0 Å². The molecule has 24 heavy (non-hydrogen) atoms. The first-order valence-electron chi connectivity index (χ1n) is 8.97. The number of hydrogen-bond acceptors (Lipinski definition) is 3. The Morgan fingerprint density at radius 2 is 2.00 bits per heavy atom. The van der Waals surface area contributed by atoms with Crippen molar-refractivity contribution in [3.05, 3.63) is 65.0 Å². The largest absolute Gasteiger partial charge is 0.300 e. The molecule has 128 valence electrons. The van der Waals surface area contributed by atoms with E-state index in [-0.39, 0.29) is 0 Å². The molecule has 1 aliphatic heterocycles.